The number of hydrogen-bond donors (Lipinski definition) is 0. The Morgan fingerprint density at radius 1 is 1.19 bits per heavy atom. The molecule has 5 nitrogen and oxygen atoms in total. The third kappa shape index (κ3) is 3.09. The van der Waals surface area contributed by atoms with Gasteiger partial charge in [0, 0.05) is 16.1 Å². The summed E-state index contributed by atoms with van der Waals surface area (Å²) in [6, 6.07) is 14.8. The van der Waals surface area contributed by atoms with Gasteiger partial charge in [0.05, 0.1) is 11.1 Å². The van der Waals surface area contributed by atoms with Gasteiger partial charge in [-0.15, -0.1) is 5.10 Å². The summed E-state index contributed by atoms with van der Waals surface area (Å²) in [6.07, 6.45) is 1.82. The minimum Gasteiger partial charge on any atom is -0.493 e. The van der Waals surface area contributed by atoms with Gasteiger partial charge in [0.25, 0.3) is 5.56 Å². The van der Waals surface area contributed by atoms with Crippen LogP contribution in [0.3, 0.4) is 0 Å². The molecule has 0 aliphatic rings. The molecule has 0 amide bonds. The Bertz CT molecular complexity index is 1180. The summed E-state index contributed by atoms with van der Waals surface area (Å²) in [4.78, 5) is 17.7. The van der Waals surface area contributed by atoms with Gasteiger partial charge < -0.3 is 4.74 Å². The quantitative estimate of drug-likeness (QED) is 0.542. The largest absolute Gasteiger partial charge is 0.493 e. The molecule has 26 heavy (non-hydrogen) atoms. The SMILES string of the molecule is CCOc1ccccc1/C=c1\sc2nc(-c3ccc(Cl)cc3)nn2c1=O. The first kappa shape index (κ1) is 16.8. The maximum Gasteiger partial charge on any atom is 0.291 e. The number of nitrogens with zero attached hydrogens (tertiary/aromatic N) is 3. The predicted molar refractivity (Wildman–Crippen MR) is 104 cm³/mol. The van der Waals surface area contributed by atoms with Crippen LogP contribution < -0.4 is 14.8 Å². The molecule has 0 fully saturated rings. The lowest BCUT2D eigenvalue weighted by atomic mass is 10.2. The highest BCUT2D eigenvalue weighted by molar-refractivity contribution is 7.15. The number of thiazole rings is 1. The second-order valence-electron chi connectivity index (χ2n) is 5.52. The van der Waals surface area contributed by atoms with E-state index in [4.69, 9.17) is 16.3 Å². The van der Waals surface area contributed by atoms with E-state index in [0.29, 0.717) is 26.9 Å². The standard InChI is InChI=1S/C19H14ClN3O2S/c1-2-25-15-6-4-3-5-13(15)11-16-18(24)23-19(26-16)21-17(22-23)12-7-9-14(20)10-8-12/h3-11H,2H2,1H3/b16-11-. The minimum absolute atomic E-state index is 0.191. The molecule has 2 aromatic heterocycles. The molecule has 0 radical (unpaired) electrons. The average Bonchev–Trinajstić information content (AvgIpc) is 3.18. The zero-order valence-electron chi connectivity index (χ0n) is 13.8. The Morgan fingerprint density at radius 3 is 2.69 bits per heavy atom. The van der Waals surface area contributed by atoms with Crippen molar-refractivity contribution in [3.05, 3.63) is 74.0 Å². The molecule has 0 spiro atoms. The van der Waals surface area contributed by atoms with Gasteiger partial charge in [0.15, 0.2) is 5.82 Å². The molecule has 0 N–H and O–H groups in total. The second-order valence-corrected chi connectivity index (χ2v) is 6.97. The summed E-state index contributed by atoms with van der Waals surface area (Å²) < 4.78 is 7.52. The van der Waals surface area contributed by atoms with Crippen LogP contribution >= 0.6 is 22.9 Å². The number of hydrogen-bond acceptors (Lipinski definition) is 5. The molecule has 4 aromatic rings. The summed E-state index contributed by atoms with van der Waals surface area (Å²) in [6.45, 7) is 2.49. The molecule has 0 aliphatic heterocycles. The lowest BCUT2D eigenvalue weighted by Gasteiger charge is -2.05. The first-order chi connectivity index (χ1) is 12.7. The number of aromatic nitrogens is 3. The van der Waals surface area contributed by atoms with Gasteiger partial charge in [-0.1, -0.05) is 41.1 Å². The van der Waals surface area contributed by atoms with Crippen molar-refractivity contribution in [2.75, 3.05) is 6.61 Å². The molecule has 4 rings (SSSR count). The van der Waals surface area contributed by atoms with Crippen molar-refractivity contribution in [2.45, 2.75) is 6.92 Å². The predicted octanol–water partition coefficient (Wildman–Crippen LogP) is 3.42. The molecule has 0 atom stereocenters. The van der Waals surface area contributed by atoms with Crippen molar-refractivity contribution < 1.29 is 4.74 Å². The number of rotatable bonds is 4. The third-order valence-corrected chi connectivity index (χ3v) is 5.00. The summed E-state index contributed by atoms with van der Waals surface area (Å²) in [5, 5.41) is 4.99. The van der Waals surface area contributed by atoms with Gasteiger partial charge in [-0.2, -0.15) is 9.50 Å². The van der Waals surface area contributed by atoms with E-state index in [1.165, 1.54) is 15.9 Å². The number of ether oxygens (including phenoxy) is 1. The smallest absolute Gasteiger partial charge is 0.291 e. The van der Waals surface area contributed by atoms with Crippen molar-refractivity contribution in [2.24, 2.45) is 0 Å². The summed E-state index contributed by atoms with van der Waals surface area (Å²) in [5.74, 6) is 1.25. The topological polar surface area (TPSA) is 56.5 Å². The van der Waals surface area contributed by atoms with Gasteiger partial charge in [0.1, 0.15) is 5.75 Å². The Balaban J connectivity index is 1.79. The number of halogens is 1. The van der Waals surface area contributed by atoms with E-state index in [9.17, 15) is 4.79 Å². The van der Waals surface area contributed by atoms with Crippen LogP contribution in [-0.4, -0.2) is 21.2 Å². The van der Waals surface area contributed by atoms with Crippen LogP contribution in [0.25, 0.3) is 22.4 Å². The van der Waals surface area contributed by atoms with Crippen LogP contribution in [0.5, 0.6) is 5.75 Å². The number of para-hydroxylation sites is 1. The monoisotopic (exact) mass is 383 g/mol. The maximum atomic E-state index is 12.7. The van der Waals surface area contributed by atoms with Crippen molar-refractivity contribution >= 4 is 34.0 Å². The summed E-state index contributed by atoms with van der Waals surface area (Å²) >= 11 is 7.21. The molecular weight excluding hydrogens is 370 g/mol. The Kier molecular flexibility index (Phi) is 4.44. The first-order valence-corrected chi connectivity index (χ1v) is 9.24. The maximum absolute atomic E-state index is 12.7. The molecule has 0 saturated carbocycles. The fourth-order valence-corrected chi connectivity index (χ4v) is 3.61. The first-order valence-electron chi connectivity index (χ1n) is 8.05. The van der Waals surface area contributed by atoms with Gasteiger partial charge in [-0.05, 0) is 43.3 Å². The Labute approximate surface area is 158 Å². The van der Waals surface area contributed by atoms with Crippen LogP contribution in [0.2, 0.25) is 5.02 Å². The summed E-state index contributed by atoms with van der Waals surface area (Å²) in [5.41, 5.74) is 1.48. The van der Waals surface area contributed by atoms with E-state index < -0.39 is 0 Å². The summed E-state index contributed by atoms with van der Waals surface area (Å²) in [7, 11) is 0. The molecule has 0 aliphatic carbocycles. The highest BCUT2D eigenvalue weighted by atomic mass is 35.5. The average molecular weight is 384 g/mol. The van der Waals surface area contributed by atoms with Crippen LogP contribution in [0.15, 0.2) is 53.3 Å². The van der Waals surface area contributed by atoms with E-state index in [2.05, 4.69) is 10.1 Å². The molecule has 0 unspecified atom stereocenters. The van der Waals surface area contributed by atoms with E-state index >= 15 is 0 Å². The van der Waals surface area contributed by atoms with Crippen LogP contribution in [0.4, 0.5) is 0 Å². The molecule has 0 saturated heterocycles. The van der Waals surface area contributed by atoms with Gasteiger partial charge in [0.2, 0.25) is 4.96 Å². The minimum atomic E-state index is -0.191. The fraction of sp³-hybridized carbons (Fsp3) is 0.105. The molecule has 2 heterocycles. The second kappa shape index (κ2) is 6.90. The molecule has 2 aromatic carbocycles. The lowest BCUT2D eigenvalue weighted by molar-refractivity contribution is 0.339. The van der Waals surface area contributed by atoms with E-state index in [1.54, 1.807) is 12.1 Å². The fourth-order valence-electron chi connectivity index (χ4n) is 2.58. The number of fused-ring (bicyclic) bond motifs is 1. The Hall–Kier alpha value is -2.70. The van der Waals surface area contributed by atoms with Crippen molar-refractivity contribution in [3.63, 3.8) is 0 Å². The van der Waals surface area contributed by atoms with Crippen LogP contribution in [-0.2, 0) is 0 Å². The van der Waals surface area contributed by atoms with Gasteiger partial charge >= 0.3 is 0 Å². The highest BCUT2D eigenvalue weighted by Gasteiger charge is 2.12. The van der Waals surface area contributed by atoms with Crippen molar-refractivity contribution in [3.8, 4) is 17.1 Å². The zero-order chi connectivity index (χ0) is 18.1. The van der Waals surface area contributed by atoms with E-state index in [0.717, 1.165) is 16.9 Å². The van der Waals surface area contributed by atoms with Crippen molar-refractivity contribution in [1.29, 1.82) is 0 Å². The third-order valence-electron chi connectivity index (χ3n) is 3.79. The normalized spacial score (nSPS) is 12.0. The molecule has 7 heteroatoms. The number of benzene rings is 2. The zero-order valence-corrected chi connectivity index (χ0v) is 15.4. The van der Waals surface area contributed by atoms with Crippen LogP contribution in [0, 0.1) is 0 Å². The van der Waals surface area contributed by atoms with Gasteiger partial charge in [-0.25, -0.2) is 0 Å². The molecular formula is C19H14ClN3O2S. The molecule has 130 valence electrons. The van der Waals surface area contributed by atoms with Gasteiger partial charge in [-0.3, -0.25) is 4.79 Å². The van der Waals surface area contributed by atoms with Crippen molar-refractivity contribution in [1.82, 2.24) is 14.6 Å². The highest BCUT2D eigenvalue weighted by Crippen LogP contribution is 2.20. The van der Waals surface area contributed by atoms with E-state index in [1.807, 2.05) is 49.4 Å². The van der Waals surface area contributed by atoms with E-state index in [-0.39, 0.29) is 5.56 Å². The lowest BCUT2D eigenvalue weighted by Crippen LogP contribution is -2.23. The molecule has 0 bridgehead atoms. The van der Waals surface area contributed by atoms with Crippen LogP contribution in [0.1, 0.15) is 12.5 Å². The Morgan fingerprint density at radius 2 is 1.96 bits per heavy atom.